The lowest BCUT2D eigenvalue weighted by molar-refractivity contribution is 0.0524. The Morgan fingerprint density at radius 2 is 2.14 bits per heavy atom. The normalized spacial score (nSPS) is 11.1. The molecule has 0 amide bonds. The molecule has 8 heteroatoms. The minimum Gasteiger partial charge on any atom is -0.467 e. The van der Waals surface area contributed by atoms with Gasteiger partial charge in [-0.3, -0.25) is 4.79 Å². The fourth-order valence-electron chi connectivity index (χ4n) is 3.04. The van der Waals surface area contributed by atoms with Crippen molar-refractivity contribution in [2.24, 2.45) is 0 Å². The highest BCUT2D eigenvalue weighted by Crippen LogP contribution is 2.22. The molecular weight excluding hydrogens is 382 g/mol. The van der Waals surface area contributed by atoms with Gasteiger partial charge in [0, 0.05) is 22.7 Å². The molecule has 0 bridgehead atoms. The Bertz CT molecular complexity index is 1210. The second-order valence-electron chi connectivity index (χ2n) is 6.05. The number of carbonyl (C=O) groups excluding carboxylic acids is 1. The molecule has 0 aliphatic carbocycles. The van der Waals surface area contributed by atoms with E-state index in [-0.39, 0.29) is 12.2 Å². The second-order valence-corrected chi connectivity index (χ2v) is 6.49. The summed E-state index contributed by atoms with van der Waals surface area (Å²) in [4.78, 5) is 25.2. The van der Waals surface area contributed by atoms with E-state index in [1.165, 1.54) is 6.20 Å². The number of nitrogens with zero attached hydrogens (tertiary/aromatic N) is 3. The number of carbonyl (C=O) groups is 1. The van der Waals surface area contributed by atoms with Crippen LogP contribution < -0.4 is 5.43 Å². The summed E-state index contributed by atoms with van der Waals surface area (Å²) in [7, 11) is 0. The van der Waals surface area contributed by atoms with E-state index in [1.807, 2.05) is 6.07 Å². The molecule has 0 N–H and O–H groups in total. The molecule has 0 aliphatic rings. The van der Waals surface area contributed by atoms with Gasteiger partial charge >= 0.3 is 5.97 Å². The zero-order valence-electron chi connectivity index (χ0n) is 15.0. The number of pyridine rings is 1. The van der Waals surface area contributed by atoms with Crippen molar-refractivity contribution in [1.29, 1.82) is 0 Å². The van der Waals surface area contributed by atoms with E-state index in [0.717, 1.165) is 5.76 Å². The molecule has 0 unspecified atom stereocenters. The van der Waals surface area contributed by atoms with E-state index in [4.69, 9.17) is 20.8 Å². The van der Waals surface area contributed by atoms with E-state index in [2.05, 4.69) is 5.10 Å². The SMILES string of the molecule is CCOC(=O)c1cn(-c2ccnn2Cc2ccco2)c2cc(Cl)ccc2c1=O. The maximum absolute atomic E-state index is 12.8. The smallest absolute Gasteiger partial charge is 0.343 e. The van der Waals surface area contributed by atoms with Crippen LogP contribution in [0.25, 0.3) is 16.7 Å². The number of fused-ring (bicyclic) bond motifs is 1. The summed E-state index contributed by atoms with van der Waals surface area (Å²) in [6.45, 7) is 2.25. The molecular formula is C20H16ClN3O4. The van der Waals surface area contributed by atoms with Crippen molar-refractivity contribution in [3.05, 3.63) is 81.6 Å². The summed E-state index contributed by atoms with van der Waals surface area (Å²) in [5, 5.41) is 5.17. The van der Waals surface area contributed by atoms with Crippen LogP contribution >= 0.6 is 11.6 Å². The van der Waals surface area contributed by atoms with E-state index in [1.54, 1.807) is 59.0 Å². The molecule has 4 rings (SSSR count). The molecule has 4 aromatic rings. The van der Waals surface area contributed by atoms with Crippen molar-refractivity contribution in [3.8, 4) is 5.82 Å². The first-order valence-corrected chi connectivity index (χ1v) is 9.03. The first-order valence-electron chi connectivity index (χ1n) is 8.65. The maximum atomic E-state index is 12.8. The summed E-state index contributed by atoms with van der Waals surface area (Å²) >= 11 is 6.17. The third kappa shape index (κ3) is 3.20. The van der Waals surface area contributed by atoms with Gasteiger partial charge in [0.1, 0.15) is 23.7 Å². The Kier molecular flexibility index (Phi) is 4.75. The van der Waals surface area contributed by atoms with Gasteiger partial charge in [-0.1, -0.05) is 11.6 Å². The lowest BCUT2D eigenvalue weighted by atomic mass is 10.1. The second kappa shape index (κ2) is 7.36. The van der Waals surface area contributed by atoms with Crippen molar-refractivity contribution < 1.29 is 13.9 Å². The van der Waals surface area contributed by atoms with E-state index >= 15 is 0 Å². The standard InChI is InChI=1S/C20H16ClN3O4/c1-2-27-20(26)16-12-23(17-10-13(21)5-6-15(17)19(16)25)18-7-8-22-24(18)11-14-4-3-9-28-14/h3-10,12H,2,11H2,1H3. The van der Waals surface area contributed by atoms with Gasteiger partial charge in [0.2, 0.25) is 5.43 Å². The monoisotopic (exact) mass is 397 g/mol. The van der Waals surface area contributed by atoms with Gasteiger partial charge in [0.25, 0.3) is 0 Å². The third-order valence-corrected chi connectivity index (χ3v) is 4.52. The Labute approximate surface area is 164 Å². The van der Waals surface area contributed by atoms with Gasteiger partial charge in [-0.25, -0.2) is 9.48 Å². The Morgan fingerprint density at radius 1 is 1.29 bits per heavy atom. The fraction of sp³-hybridized carbons (Fsp3) is 0.150. The molecule has 0 saturated carbocycles. The highest BCUT2D eigenvalue weighted by molar-refractivity contribution is 6.31. The van der Waals surface area contributed by atoms with E-state index < -0.39 is 11.4 Å². The quantitative estimate of drug-likeness (QED) is 0.480. The molecule has 0 radical (unpaired) electrons. The number of aromatic nitrogens is 3. The molecule has 3 aromatic heterocycles. The topological polar surface area (TPSA) is 79.3 Å². The summed E-state index contributed by atoms with van der Waals surface area (Å²) < 4.78 is 13.9. The molecule has 0 aliphatic heterocycles. The number of furan rings is 1. The van der Waals surface area contributed by atoms with Crippen molar-refractivity contribution in [2.75, 3.05) is 6.61 Å². The van der Waals surface area contributed by atoms with Crippen molar-refractivity contribution >= 4 is 28.5 Å². The van der Waals surface area contributed by atoms with Crippen molar-refractivity contribution in [2.45, 2.75) is 13.5 Å². The minimum absolute atomic E-state index is 0.0533. The molecule has 28 heavy (non-hydrogen) atoms. The van der Waals surface area contributed by atoms with Gasteiger partial charge < -0.3 is 13.7 Å². The molecule has 0 saturated heterocycles. The number of hydrogen-bond acceptors (Lipinski definition) is 5. The predicted octanol–water partition coefficient (Wildman–Crippen LogP) is 3.66. The molecule has 7 nitrogen and oxygen atoms in total. The lowest BCUT2D eigenvalue weighted by Crippen LogP contribution is -2.21. The average molecular weight is 398 g/mol. The number of rotatable bonds is 5. The van der Waals surface area contributed by atoms with Gasteiger partial charge in [0.15, 0.2) is 0 Å². The van der Waals surface area contributed by atoms with Crippen LogP contribution in [-0.4, -0.2) is 26.9 Å². The number of halogens is 1. The zero-order valence-corrected chi connectivity index (χ0v) is 15.7. The van der Waals surface area contributed by atoms with Crippen LogP contribution in [-0.2, 0) is 11.3 Å². The van der Waals surface area contributed by atoms with Crippen LogP contribution in [0.1, 0.15) is 23.0 Å². The fourth-order valence-corrected chi connectivity index (χ4v) is 3.21. The van der Waals surface area contributed by atoms with E-state index in [0.29, 0.717) is 28.3 Å². The predicted molar refractivity (Wildman–Crippen MR) is 104 cm³/mol. The molecule has 142 valence electrons. The molecule has 0 fully saturated rings. The zero-order chi connectivity index (χ0) is 19.7. The third-order valence-electron chi connectivity index (χ3n) is 4.29. The Morgan fingerprint density at radius 3 is 2.89 bits per heavy atom. The molecule has 1 aromatic carbocycles. The van der Waals surface area contributed by atoms with Gasteiger partial charge in [0.05, 0.1) is 24.6 Å². The molecule has 0 spiro atoms. The maximum Gasteiger partial charge on any atom is 0.343 e. The minimum atomic E-state index is -0.671. The molecule has 3 heterocycles. The van der Waals surface area contributed by atoms with Gasteiger partial charge in [-0.05, 0) is 37.3 Å². The Balaban J connectivity index is 1.95. The number of ether oxygens (including phenoxy) is 1. The van der Waals surface area contributed by atoms with Crippen LogP contribution in [0.15, 0.2) is 64.3 Å². The number of hydrogen-bond donors (Lipinski definition) is 0. The largest absolute Gasteiger partial charge is 0.467 e. The van der Waals surface area contributed by atoms with Crippen molar-refractivity contribution in [3.63, 3.8) is 0 Å². The summed E-state index contributed by atoms with van der Waals surface area (Å²) in [6, 6.07) is 10.3. The summed E-state index contributed by atoms with van der Waals surface area (Å²) in [5.41, 5.74) is 0.104. The molecule has 0 atom stereocenters. The Hall–Kier alpha value is -3.32. The number of esters is 1. The number of benzene rings is 1. The lowest BCUT2D eigenvalue weighted by Gasteiger charge is -2.14. The van der Waals surface area contributed by atoms with Gasteiger partial charge in [-0.15, -0.1) is 0 Å². The summed E-state index contributed by atoms with van der Waals surface area (Å²) in [5.74, 6) is 0.698. The first-order chi connectivity index (χ1) is 13.6. The first kappa shape index (κ1) is 18.1. The van der Waals surface area contributed by atoms with Crippen LogP contribution in [0, 0.1) is 0 Å². The summed E-state index contributed by atoms with van der Waals surface area (Å²) in [6.07, 6.45) is 4.69. The average Bonchev–Trinajstić information content (AvgIpc) is 3.35. The van der Waals surface area contributed by atoms with Gasteiger partial charge in [-0.2, -0.15) is 5.10 Å². The highest BCUT2D eigenvalue weighted by atomic mass is 35.5. The highest BCUT2D eigenvalue weighted by Gasteiger charge is 2.19. The van der Waals surface area contributed by atoms with Crippen molar-refractivity contribution in [1.82, 2.24) is 14.3 Å². The van der Waals surface area contributed by atoms with Crippen LogP contribution in [0.5, 0.6) is 0 Å². The van der Waals surface area contributed by atoms with Crippen LogP contribution in [0.3, 0.4) is 0 Å². The van der Waals surface area contributed by atoms with Crippen LogP contribution in [0.4, 0.5) is 0 Å². The van der Waals surface area contributed by atoms with Crippen LogP contribution in [0.2, 0.25) is 5.02 Å². The van der Waals surface area contributed by atoms with E-state index in [9.17, 15) is 9.59 Å².